The van der Waals surface area contributed by atoms with Gasteiger partial charge < -0.3 is 9.47 Å². The van der Waals surface area contributed by atoms with Crippen molar-refractivity contribution in [2.75, 3.05) is 14.2 Å². The lowest BCUT2D eigenvalue weighted by atomic mass is 10.1. The van der Waals surface area contributed by atoms with Gasteiger partial charge in [0.1, 0.15) is 17.3 Å². The summed E-state index contributed by atoms with van der Waals surface area (Å²) in [6.07, 6.45) is 1.33. The van der Waals surface area contributed by atoms with Crippen LogP contribution in [0.2, 0.25) is 0 Å². The normalized spacial score (nSPS) is 10.6. The maximum absolute atomic E-state index is 12.2. The fourth-order valence-corrected chi connectivity index (χ4v) is 2.67. The number of nitrogens with zero attached hydrogens (tertiary/aromatic N) is 2. The van der Waals surface area contributed by atoms with Crippen LogP contribution in [0.25, 0.3) is 5.69 Å². The minimum atomic E-state index is -0.265. The third-order valence-corrected chi connectivity index (χ3v) is 3.86. The van der Waals surface area contributed by atoms with E-state index in [2.05, 4.69) is 10.2 Å². The number of aromatic amines is 1. The summed E-state index contributed by atoms with van der Waals surface area (Å²) in [5.74, 6) is 2.19. The summed E-state index contributed by atoms with van der Waals surface area (Å²) in [5, 5.41) is 6.69. The largest absolute Gasteiger partial charge is 0.497 e. The van der Waals surface area contributed by atoms with Crippen LogP contribution in [0, 0.1) is 0 Å². The van der Waals surface area contributed by atoms with Gasteiger partial charge in [0.15, 0.2) is 0 Å². The molecule has 0 atom stereocenters. The quantitative estimate of drug-likeness (QED) is 0.755. The molecule has 3 rings (SSSR count). The molecule has 0 spiro atoms. The van der Waals surface area contributed by atoms with Crippen molar-refractivity contribution in [2.45, 2.75) is 12.8 Å². The molecule has 3 aromatic rings. The van der Waals surface area contributed by atoms with E-state index in [1.54, 1.807) is 18.8 Å². The molecule has 24 heavy (non-hydrogen) atoms. The molecule has 0 amide bonds. The van der Waals surface area contributed by atoms with E-state index in [1.807, 2.05) is 48.5 Å². The Kier molecular flexibility index (Phi) is 4.65. The van der Waals surface area contributed by atoms with Gasteiger partial charge >= 0.3 is 5.69 Å². The van der Waals surface area contributed by atoms with Crippen LogP contribution in [0.15, 0.2) is 53.3 Å². The third kappa shape index (κ3) is 3.17. The predicted octanol–water partition coefficient (Wildman–Crippen LogP) is 2.36. The Morgan fingerprint density at radius 2 is 1.88 bits per heavy atom. The molecule has 0 unspecified atom stereocenters. The maximum Gasteiger partial charge on any atom is 0.347 e. The van der Waals surface area contributed by atoms with Crippen LogP contribution in [0.4, 0.5) is 0 Å². The van der Waals surface area contributed by atoms with Gasteiger partial charge in [0.25, 0.3) is 0 Å². The zero-order valence-electron chi connectivity index (χ0n) is 13.7. The molecule has 1 aromatic heterocycles. The summed E-state index contributed by atoms with van der Waals surface area (Å²) in [7, 11) is 3.25. The van der Waals surface area contributed by atoms with Crippen LogP contribution in [0.3, 0.4) is 0 Å². The van der Waals surface area contributed by atoms with Gasteiger partial charge in [-0.15, -0.1) is 0 Å². The standard InChI is InChI=1S/C18H19N3O3/c1-23-15-8-5-7-14(12-15)21-17(19-20-18(21)22)11-10-13-6-3-4-9-16(13)24-2/h3-9,12H,10-11H2,1-2H3,(H,20,22). The molecule has 6 nitrogen and oxygen atoms in total. The number of H-pyrrole nitrogens is 1. The van der Waals surface area contributed by atoms with E-state index in [1.165, 1.54) is 0 Å². The molecule has 0 saturated heterocycles. The average Bonchev–Trinajstić information content (AvgIpc) is 3.00. The Balaban J connectivity index is 1.89. The van der Waals surface area contributed by atoms with Crippen molar-refractivity contribution in [1.29, 1.82) is 0 Å². The molecule has 0 fully saturated rings. The van der Waals surface area contributed by atoms with Crippen molar-refractivity contribution < 1.29 is 9.47 Å². The lowest BCUT2D eigenvalue weighted by molar-refractivity contribution is 0.409. The average molecular weight is 325 g/mol. The highest BCUT2D eigenvalue weighted by atomic mass is 16.5. The van der Waals surface area contributed by atoms with Gasteiger partial charge in [-0.1, -0.05) is 24.3 Å². The van der Waals surface area contributed by atoms with Crippen LogP contribution < -0.4 is 15.2 Å². The molecular formula is C18H19N3O3. The molecule has 0 bridgehead atoms. The number of benzene rings is 2. The van der Waals surface area contributed by atoms with Crippen LogP contribution in [0.1, 0.15) is 11.4 Å². The van der Waals surface area contributed by atoms with Gasteiger partial charge in [-0.05, 0) is 30.2 Å². The van der Waals surface area contributed by atoms with Gasteiger partial charge in [0, 0.05) is 12.5 Å². The van der Waals surface area contributed by atoms with Crippen LogP contribution in [-0.4, -0.2) is 29.0 Å². The zero-order valence-corrected chi connectivity index (χ0v) is 13.7. The Bertz CT molecular complexity index is 883. The summed E-state index contributed by atoms with van der Waals surface area (Å²) in [4.78, 5) is 12.2. The van der Waals surface area contributed by atoms with Gasteiger partial charge in [-0.25, -0.2) is 14.5 Å². The smallest absolute Gasteiger partial charge is 0.347 e. The topological polar surface area (TPSA) is 69.1 Å². The van der Waals surface area contributed by atoms with E-state index in [4.69, 9.17) is 9.47 Å². The molecule has 0 aliphatic heterocycles. The first kappa shape index (κ1) is 15.9. The minimum absolute atomic E-state index is 0.265. The number of aromatic nitrogens is 3. The van der Waals surface area contributed by atoms with E-state index < -0.39 is 0 Å². The molecular weight excluding hydrogens is 306 g/mol. The van der Waals surface area contributed by atoms with Crippen LogP contribution in [0.5, 0.6) is 11.5 Å². The first-order valence-corrected chi connectivity index (χ1v) is 7.65. The minimum Gasteiger partial charge on any atom is -0.497 e. The van der Waals surface area contributed by atoms with Gasteiger partial charge in [0.05, 0.1) is 19.9 Å². The Hall–Kier alpha value is -3.02. The summed E-state index contributed by atoms with van der Waals surface area (Å²) in [6, 6.07) is 15.2. The zero-order chi connectivity index (χ0) is 16.9. The second-order valence-corrected chi connectivity index (χ2v) is 5.29. The Labute approximate surface area is 139 Å². The second kappa shape index (κ2) is 7.04. The molecule has 0 saturated carbocycles. The number of nitrogens with one attached hydrogen (secondary N) is 1. The lowest BCUT2D eigenvalue weighted by Gasteiger charge is -2.09. The molecule has 0 radical (unpaired) electrons. The highest BCUT2D eigenvalue weighted by molar-refractivity contribution is 5.40. The maximum atomic E-state index is 12.2. The predicted molar refractivity (Wildman–Crippen MR) is 91.1 cm³/mol. The number of aryl methyl sites for hydroxylation is 2. The number of ether oxygens (including phenoxy) is 2. The number of hydrogen-bond acceptors (Lipinski definition) is 4. The van der Waals surface area contributed by atoms with Crippen molar-refractivity contribution in [2.24, 2.45) is 0 Å². The van der Waals surface area contributed by atoms with Crippen molar-refractivity contribution in [1.82, 2.24) is 14.8 Å². The van der Waals surface area contributed by atoms with E-state index in [0.29, 0.717) is 18.0 Å². The molecule has 124 valence electrons. The van der Waals surface area contributed by atoms with Gasteiger partial charge in [-0.3, -0.25) is 0 Å². The number of para-hydroxylation sites is 1. The van der Waals surface area contributed by atoms with Crippen molar-refractivity contribution in [3.63, 3.8) is 0 Å². The molecule has 1 N–H and O–H groups in total. The molecule has 0 aliphatic rings. The van der Waals surface area contributed by atoms with Gasteiger partial charge in [-0.2, -0.15) is 5.10 Å². The third-order valence-electron chi connectivity index (χ3n) is 3.86. The highest BCUT2D eigenvalue weighted by Crippen LogP contribution is 2.20. The Morgan fingerprint density at radius 1 is 1.04 bits per heavy atom. The van der Waals surface area contributed by atoms with E-state index in [-0.39, 0.29) is 5.69 Å². The van der Waals surface area contributed by atoms with Crippen molar-refractivity contribution in [3.8, 4) is 17.2 Å². The van der Waals surface area contributed by atoms with Crippen molar-refractivity contribution >= 4 is 0 Å². The fraction of sp³-hybridized carbons (Fsp3) is 0.222. The summed E-state index contributed by atoms with van der Waals surface area (Å²) >= 11 is 0. The molecule has 0 aliphatic carbocycles. The van der Waals surface area contributed by atoms with Crippen molar-refractivity contribution in [3.05, 3.63) is 70.4 Å². The van der Waals surface area contributed by atoms with Gasteiger partial charge in [0.2, 0.25) is 0 Å². The number of rotatable bonds is 6. The monoisotopic (exact) mass is 325 g/mol. The molecule has 6 heteroatoms. The van der Waals surface area contributed by atoms with E-state index in [9.17, 15) is 4.79 Å². The van der Waals surface area contributed by atoms with E-state index >= 15 is 0 Å². The van der Waals surface area contributed by atoms with E-state index in [0.717, 1.165) is 23.4 Å². The summed E-state index contributed by atoms with van der Waals surface area (Å²) < 4.78 is 12.2. The molecule has 1 heterocycles. The highest BCUT2D eigenvalue weighted by Gasteiger charge is 2.12. The summed E-state index contributed by atoms with van der Waals surface area (Å²) in [5.41, 5.74) is 1.54. The first-order chi connectivity index (χ1) is 11.7. The van der Waals surface area contributed by atoms with Crippen LogP contribution >= 0.6 is 0 Å². The SMILES string of the molecule is COc1cccc(-n2c(CCc3ccccc3OC)n[nH]c2=O)c1. The fourth-order valence-electron chi connectivity index (χ4n) is 2.67. The molecule has 2 aromatic carbocycles. The second-order valence-electron chi connectivity index (χ2n) is 5.29. The summed E-state index contributed by atoms with van der Waals surface area (Å²) in [6.45, 7) is 0. The lowest BCUT2D eigenvalue weighted by Crippen LogP contribution is -2.17. The first-order valence-electron chi connectivity index (χ1n) is 7.65. The Morgan fingerprint density at radius 3 is 2.67 bits per heavy atom. The number of methoxy groups -OCH3 is 2. The number of hydrogen-bond donors (Lipinski definition) is 1. The van der Waals surface area contributed by atoms with Crippen LogP contribution in [-0.2, 0) is 12.8 Å².